The van der Waals surface area contributed by atoms with Crippen LogP contribution >= 0.6 is 11.6 Å². The van der Waals surface area contributed by atoms with Crippen LogP contribution in [-0.2, 0) is 0 Å². The fourth-order valence-electron chi connectivity index (χ4n) is 3.41. The third kappa shape index (κ3) is 1.47. The average molecular weight is 223 g/mol. The van der Waals surface area contributed by atoms with Crippen molar-refractivity contribution in [2.45, 2.75) is 31.2 Å². The monoisotopic (exact) mass is 222 g/mol. The number of rotatable bonds is 1. The zero-order valence-corrected chi connectivity index (χ0v) is 9.32. The van der Waals surface area contributed by atoms with Crippen molar-refractivity contribution < 1.29 is 0 Å². The van der Waals surface area contributed by atoms with Crippen molar-refractivity contribution in [3.05, 3.63) is 29.0 Å². The van der Waals surface area contributed by atoms with Crippen LogP contribution in [0.5, 0.6) is 0 Å². The van der Waals surface area contributed by atoms with E-state index in [1.165, 1.54) is 24.8 Å². The summed E-state index contributed by atoms with van der Waals surface area (Å²) in [6.45, 7) is 0. The molecular weight excluding hydrogens is 208 g/mol. The lowest BCUT2D eigenvalue weighted by molar-refractivity contribution is 0.365. The second-order valence-corrected chi connectivity index (χ2v) is 5.24. The average Bonchev–Trinajstić information content (AvgIpc) is 2.80. The van der Waals surface area contributed by atoms with Gasteiger partial charge < -0.3 is 5.73 Å². The van der Waals surface area contributed by atoms with Gasteiger partial charge in [-0.05, 0) is 42.7 Å². The fourth-order valence-corrected chi connectivity index (χ4v) is 3.53. The predicted molar refractivity (Wildman–Crippen MR) is 60.8 cm³/mol. The zero-order valence-electron chi connectivity index (χ0n) is 8.57. The lowest BCUT2D eigenvalue weighted by Crippen LogP contribution is -2.34. The number of halogens is 1. The van der Waals surface area contributed by atoms with E-state index in [0.29, 0.717) is 17.1 Å². The van der Waals surface area contributed by atoms with Crippen LogP contribution in [0.3, 0.4) is 0 Å². The highest BCUT2D eigenvalue weighted by Crippen LogP contribution is 2.51. The first kappa shape index (κ1) is 9.61. The molecule has 0 saturated heterocycles. The van der Waals surface area contributed by atoms with Gasteiger partial charge >= 0.3 is 0 Å². The van der Waals surface area contributed by atoms with Crippen LogP contribution in [0.2, 0.25) is 5.15 Å². The minimum Gasteiger partial charge on any atom is -0.327 e. The maximum Gasteiger partial charge on any atom is 0.129 e. The van der Waals surface area contributed by atoms with Crippen molar-refractivity contribution in [3.8, 4) is 0 Å². The molecule has 0 aromatic carbocycles. The van der Waals surface area contributed by atoms with Crippen molar-refractivity contribution in [1.29, 1.82) is 0 Å². The lowest BCUT2D eigenvalue weighted by atomic mass is 9.81. The van der Waals surface area contributed by atoms with Gasteiger partial charge in [-0.3, -0.25) is 0 Å². The normalized spacial score (nSPS) is 38.5. The molecule has 2 N–H and O–H groups in total. The first-order valence-electron chi connectivity index (χ1n) is 5.63. The number of fused-ring (bicyclic) bond motifs is 2. The molecule has 2 nitrogen and oxygen atoms in total. The van der Waals surface area contributed by atoms with Crippen molar-refractivity contribution in [2.75, 3.05) is 0 Å². The molecule has 3 rings (SSSR count). The Balaban J connectivity index is 1.91. The summed E-state index contributed by atoms with van der Waals surface area (Å²) in [6, 6.07) is 4.29. The van der Waals surface area contributed by atoms with E-state index in [1.807, 2.05) is 12.3 Å². The van der Waals surface area contributed by atoms with E-state index < -0.39 is 0 Å². The van der Waals surface area contributed by atoms with Crippen LogP contribution in [0.25, 0.3) is 0 Å². The van der Waals surface area contributed by atoms with Crippen molar-refractivity contribution in [1.82, 2.24) is 4.98 Å². The molecule has 2 fully saturated rings. The molecule has 2 saturated carbocycles. The first-order valence-corrected chi connectivity index (χ1v) is 6.00. The Bertz CT molecular complexity index is 360. The highest BCUT2D eigenvalue weighted by atomic mass is 35.5. The van der Waals surface area contributed by atoms with Crippen LogP contribution in [0.4, 0.5) is 0 Å². The van der Waals surface area contributed by atoms with Gasteiger partial charge in [0.05, 0.1) is 0 Å². The van der Waals surface area contributed by atoms with E-state index >= 15 is 0 Å². The van der Waals surface area contributed by atoms with E-state index in [4.69, 9.17) is 17.3 Å². The molecule has 2 aliphatic carbocycles. The minimum absolute atomic E-state index is 0.340. The zero-order chi connectivity index (χ0) is 10.4. The van der Waals surface area contributed by atoms with E-state index in [0.717, 1.165) is 11.8 Å². The maximum absolute atomic E-state index is 6.27. The summed E-state index contributed by atoms with van der Waals surface area (Å²) in [6.07, 6.45) is 5.87. The number of hydrogen-bond donors (Lipinski definition) is 1. The van der Waals surface area contributed by atoms with E-state index in [-0.39, 0.29) is 0 Å². The van der Waals surface area contributed by atoms with Gasteiger partial charge in [0.15, 0.2) is 0 Å². The molecule has 0 amide bonds. The van der Waals surface area contributed by atoms with Gasteiger partial charge in [0.2, 0.25) is 0 Å². The molecule has 0 unspecified atom stereocenters. The van der Waals surface area contributed by atoms with Gasteiger partial charge in [0, 0.05) is 18.2 Å². The number of nitrogens with zero attached hydrogens (tertiary/aromatic N) is 1. The van der Waals surface area contributed by atoms with Gasteiger partial charge in [-0.2, -0.15) is 0 Å². The number of hydrogen-bond acceptors (Lipinski definition) is 2. The molecule has 1 aromatic rings. The quantitative estimate of drug-likeness (QED) is 0.742. The molecule has 1 aromatic heterocycles. The SMILES string of the molecule is N[C@@H]1[C@@H]2CC[C@@H](C2)[C@H]1c1ccc(Cl)nc1. The molecule has 1 heterocycles. The molecule has 80 valence electrons. The smallest absolute Gasteiger partial charge is 0.129 e. The van der Waals surface area contributed by atoms with Crippen LogP contribution in [0, 0.1) is 11.8 Å². The lowest BCUT2D eigenvalue weighted by Gasteiger charge is -2.28. The summed E-state index contributed by atoms with van der Waals surface area (Å²) in [7, 11) is 0. The van der Waals surface area contributed by atoms with Gasteiger partial charge in [-0.25, -0.2) is 4.98 Å². The molecule has 3 heteroatoms. The Morgan fingerprint density at radius 1 is 1.27 bits per heavy atom. The molecule has 2 aliphatic rings. The molecule has 15 heavy (non-hydrogen) atoms. The Labute approximate surface area is 94.8 Å². The topological polar surface area (TPSA) is 38.9 Å². The Morgan fingerprint density at radius 3 is 2.67 bits per heavy atom. The summed E-state index contributed by atoms with van der Waals surface area (Å²) in [5.41, 5.74) is 7.55. The predicted octanol–water partition coefficient (Wildman–Crippen LogP) is 2.58. The number of aromatic nitrogens is 1. The summed E-state index contributed by atoms with van der Waals surface area (Å²) in [4.78, 5) is 4.15. The summed E-state index contributed by atoms with van der Waals surface area (Å²) >= 11 is 5.79. The second-order valence-electron chi connectivity index (χ2n) is 4.85. The summed E-state index contributed by atoms with van der Waals surface area (Å²) in [5, 5.41) is 0.565. The fraction of sp³-hybridized carbons (Fsp3) is 0.583. The van der Waals surface area contributed by atoms with Crippen LogP contribution in [0.1, 0.15) is 30.7 Å². The second kappa shape index (κ2) is 3.46. The summed E-state index contributed by atoms with van der Waals surface area (Å²) in [5.74, 6) is 2.05. The van der Waals surface area contributed by atoms with Crippen LogP contribution in [-0.4, -0.2) is 11.0 Å². The Morgan fingerprint density at radius 2 is 2.07 bits per heavy atom. The Kier molecular flexibility index (Phi) is 2.22. The maximum atomic E-state index is 6.27. The summed E-state index contributed by atoms with van der Waals surface area (Å²) < 4.78 is 0. The van der Waals surface area contributed by atoms with Gasteiger partial charge in [-0.15, -0.1) is 0 Å². The van der Waals surface area contributed by atoms with E-state index in [9.17, 15) is 0 Å². The third-order valence-electron chi connectivity index (χ3n) is 4.12. The van der Waals surface area contributed by atoms with Crippen molar-refractivity contribution in [3.63, 3.8) is 0 Å². The van der Waals surface area contributed by atoms with Crippen molar-refractivity contribution in [2.24, 2.45) is 17.6 Å². The van der Waals surface area contributed by atoms with Gasteiger partial charge in [-0.1, -0.05) is 17.7 Å². The van der Waals surface area contributed by atoms with E-state index in [2.05, 4.69) is 11.1 Å². The first-order chi connectivity index (χ1) is 7.25. The number of nitrogens with two attached hydrogens (primary N) is 1. The highest BCUT2D eigenvalue weighted by molar-refractivity contribution is 6.29. The molecular formula is C12H15ClN2. The molecule has 2 bridgehead atoms. The Hall–Kier alpha value is -0.600. The third-order valence-corrected chi connectivity index (χ3v) is 4.34. The highest BCUT2D eigenvalue weighted by Gasteiger charge is 2.46. The van der Waals surface area contributed by atoms with Gasteiger partial charge in [0.1, 0.15) is 5.15 Å². The largest absolute Gasteiger partial charge is 0.327 e. The van der Waals surface area contributed by atoms with E-state index in [1.54, 1.807) is 0 Å². The molecule has 0 aliphatic heterocycles. The minimum atomic E-state index is 0.340. The van der Waals surface area contributed by atoms with Crippen LogP contribution < -0.4 is 5.73 Å². The molecule has 4 atom stereocenters. The molecule has 0 spiro atoms. The van der Waals surface area contributed by atoms with Crippen LogP contribution in [0.15, 0.2) is 18.3 Å². The van der Waals surface area contributed by atoms with Gasteiger partial charge in [0.25, 0.3) is 0 Å². The molecule has 0 radical (unpaired) electrons. The standard InChI is InChI=1S/C12H15ClN2/c13-10-4-3-9(6-15-10)11-7-1-2-8(5-7)12(11)14/h3-4,6-8,11-12H,1-2,5,14H2/t7-,8+,11-,12+/m0/s1. The number of pyridine rings is 1. The van der Waals surface area contributed by atoms with Crippen molar-refractivity contribution >= 4 is 11.6 Å².